The molecule has 3 aromatic rings. The van der Waals surface area contributed by atoms with Crippen molar-refractivity contribution in [2.75, 3.05) is 56.1 Å². The second kappa shape index (κ2) is 11.6. The summed E-state index contributed by atoms with van der Waals surface area (Å²) in [6, 6.07) is 16.3. The lowest BCUT2D eigenvalue weighted by Gasteiger charge is -2.36. The standard InChI is InChI=1S/C30H40N6O2/c1-4-35-28-15-8-6-13-26(28)31-30(35)34-17-9-12-25(22-34)29(38)33-20-19-32(3)16-10-18-36(23(2)37)27-14-7-5-11-24(27)21-33/h5-8,11,13-15,25H,4,9-10,12,16-22H2,1-3H3. The summed E-state index contributed by atoms with van der Waals surface area (Å²) < 4.78 is 2.26. The molecule has 38 heavy (non-hydrogen) atoms. The predicted molar refractivity (Wildman–Crippen MR) is 152 cm³/mol. The summed E-state index contributed by atoms with van der Waals surface area (Å²) in [4.78, 5) is 40.1. The van der Waals surface area contributed by atoms with Crippen LogP contribution in [0.25, 0.3) is 11.0 Å². The van der Waals surface area contributed by atoms with Crippen molar-refractivity contribution in [2.24, 2.45) is 5.92 Å². The molecule has 1 aromatic heterocycles. The van der Waals surface area contributed by atoms with E-state index in [2.05, 4.69) is 52.6 Å². The molecule has 8 nitrogen and oxygen atoms in total. The molecule has 0 spiro atoms. The molecule has 0 radical (unpaired) electrons. The molecule has 1 unspecified atom stereocenters. The summed E-state index contributed by atoms with van der Waals surface area (Å²) in [5, 5.41) is 0. The van der Waals surface area contributed by atoms with E-state index in [-0.39, 0.29) is 17.7 Å². The number of aryl methyl sites for hydroxylation is 1. The first-order valence-electron chi connectivity index (χ1n) is 14.0. The molecule has 3 heterocycles. The van der Waals surface area contributed by atoms with Crippen molar-refractivity contribution in [2.45, 2.75) is 46.2 Å². The number of para-hydroxylation sites is 3. The molecule has 0 saturated carbocycles. The number of carbonyl (C=O) groups is 2. The van der Waals surface area contributed by atoms with Crippen molar-refractivity contribution in [1.82, 2.24) is 19.4 Å². The molecule has 0 bridgehead atoms. The van der Waals surface area contributed by atoms with Crippen LogP contribution >= 0.6 is 0 Å². The van der Waals surface area contributed by atoms with Crippen molar-refractivity contribution >= 4 is 34.5 Å². The highest BCUT2D eigenvalue weighted by atomic mass is 16.2. The monoisotopic (exact) mass is 516 g/mol. The summed E-state index contributed by atoms with van der Waals surface area (Å²) >= 11 is 0. The van der Waals surface area contributed by atoms with Crippen LogP contribution in [0.2, 0.25) is 0 Å². The molecular weight excluding hydrogens is 476 g/mol. The van der Waals surface area contributed by atoms with Gasteiger partial charge in [-0.05, 0) is 63.5 Å². The number of hydrogen-bond donors (Lipinski definition) is 0. The third-order valence-corrected chi connectivity index (χ3v) is 8.01. The van der Waals surface area contributed by atoms with Crippen LogP contribution in [0.5, 0.6) is 0 Å². The van der Waals surface area contributed by atoms with E-state index in [0.717, 1.165) is 73.7 Å². The predicted octanol–water partition coefficient (Wildman–Crippen LogP) is 3.99. The largest absolute Gasteiger partial charge is 0.341 e. The second-order valence-electron chi connectivity index (χ2n) is 10.6. The lowest BCUT2D eigenvalue weighted by atomic mass is 9.96. The maximum atomic E-state index is 14.1. The number of aromatic nitrogens is 2. The number of likely N-dealkylation sites (N-methyl/N-ethyl adjacent to an activating group) is 1. The Morgan fingerprint density at radius 1 is 0.947 bits per heavy atom. The number of hydrogen-bond acceptors (Lipinski definition) is 5. The smallest absolute Gasteiger partial charge is 0.227 e. The summed E-state index contributed by atoms with van der Waals surface area (Å²) in [6.45, 7) is 9.77. The summed E-state index contributed by atoms with van der Waals surface area (Å²) in [5.74, 6) is 1.12. The number of rotatable bonds is 3. The Morgan fingerprint density at radius 2 is 1.74 bits per heavy atom. The van der Waals surface area contributed by atoms with Crippen molar-refractivity contribution in [3.05, 3.63) is 54.1 Å². The first-order chi connectivity index (χ1) is 18.5. The highest BCUT2D eigenvalue weighted by molar-refractivity contribution is 5.92. The van der Waals surface area contributed by atoms with E-state index in [1.165, 1.54) is 0 Å². The summed E-state index contributed by atoms with van der Waals surface area (Å²) in [6.07, 6.45) is 2.75. The van der Waals surface area contributed by atoms with Crippen molar-refractivity contribution in [1.29, 1.82) is 0 Å². The van der Waals surface area contributed by atoms with E-state index in [0.29, 0.717) is 26.2 Å². The number of carbonyl (C=O) groups excluding carboxylic acids is 2. The van der Waals surface area contributed by atoms with Crippen LogP contribution in [-0.2, 0) is 22.7 Å². The van der Waals surface area contributed by atoms with Crippen LogP contribution in [0.4, 0.5) is 11.6 Å². The number of amides is 2. The molecule has 0 N–H and O–H groups in total. The molecule has 202 valence electrons. The van der Waals surface area contributed by atoms with Crippen molar-refractivity contribution in [3.63, 3.8) is 0 Å². The van der Waals surface area contributed by atoms with Gasteiger partial charge in [-0.25, -0.2) is 4.98 Å². The Morgan fingerprint density at radius 3 is 2.55 bits per heavy atom. The first kappa shape index (κ1) is 26.2. The van der Waals surface area contributed by atoms with Crippen LogP contribution in [-0.4, -0.2) is 77.5 Å². The number of anilines is 2. The zero-order valence-corrected chi connectivity index (χ0v) is 23.0. The molecule has 8 heteroatoms. The van der Waals surface area contributed by atoms with E-state index in [1.807, 2.05) is 34.1 Å². The second-order valence-corrected chi connectivity index (χ2v) is 10.6. The van der Waals surface area contributed by atoms with Crippen LogP contribution < -0.4 is 9.80 Å². The fourth-order valence-corrected chi connectivity index (χ4v) is 5.96. The van der Waals surface area contributed by atoms with Gasteiger partial charge in [0.1, 0.15) is 0 Å². The fraction of sp³-hybridized carbons (Fsp3) is 0.500. The number of fused-ring (bicyclic) bond motifs is 2. The maximum absolute atomic E-state index is 14.1. The Balaban J connectivity index is 1.41. The SMILES string of the molecule is CCn1c(N2CCCC(C(=O)N3CCN(C)CCCN(C(C)=O)c4ccccc4C3)C2)nc2ccccc21. The van der Waals surface area contributed by atoms with Gasteiger partial charge in [0.15, 0.2) is 0 Å². The molecule has 1 saturated heterocycles. The fourth-order valence-electron chi connectivity index (χ4n) is 5.96. The van der Waals surface area contributed by atoms with Gasteiger partial charge in [-0.15, -0.1) is 0 Å². The molecule has 1 fully saturated rings. The summed E-state index contributed by atoms with van der Waals surface area (Å²) in [5.41, 5.74) is 4.09. The average molecular weight is 517 g/mol. The van der Waals surface area contributed by atoms with E-state index >= 15 is 0 Å². The van der Waals surface area contributed by atoms with Gasteiger partial charge < -0.3 is 24.2 Å². The Hall–Kier alpha value is -3.39. The van der Waals surface area contributed by atoms with Gasteiger partial charge >= 0.3 is 0 Å². The molecule has 2 amide bonds. The molecule has 2 aromatic carbocycles. The quantitative estimate of drug-likeness (QED) is 0.527. The van der Waals surface area contributed by atoms with Crippen LogP contribution in [0.1, 0.15) is 38.7 Å². The van der Waals surface area contributed by atoms with Crippen molar-refractivity contribution in [3.8, 4) is 0 Å². The molecule has 0 aliphatic carbocycles. The van der Waals surface area contributed by atoms with Gasteiger partial charge in [0.25, 0.3) is 0 Å². The van der Waals surface area contributed by atoms with E-state index in [1.54, 1.807) is 6.92 Å². The van der Waals surface area contributed by atoms with E-state index in [9.17, 15) is 9.59 Å². The molecule has 1 atom stereocenters. The summed E-state index contributed by atoms with van der Waals surface area (Å²) in [7, 11) is 2.10. The Bertz CT molecular complexity index is 1290. The molecule has 2 aliphatic heterocycles. The maximum Gasteiger partial charge on any atom is 0.227 e. The lowest BCUT2D eigenvalue weighted by Crippen LogP contribution is -2.47. The average Bonchev–Trinajstić information content (AvgIpc) is 3.30. The third kappa shape index (κ3) is 5.41. The highest BCUT2D eigenvalue weighted by Crippen LogP contribution is 2.29. The minimum absolute atomic E-state index is 0.0407. The zero-order valence-electron chi connectivity index (χ0n) is 23.0. The van der Waals surface area contributed by atoms with E-state index < -0.39 is 0 Å². The number of benzene rings is 2. The molecule has 5 rings (SSSR count). The number of imidazole rings is 1. The van der Waals surface area contributed by atoms with Crippen LogP contribution in [0.15, 0.2) is 48.5 Å². The van der Waals surface area contributed by atoms with Gasteiger partial charge in [-0.2, -0.15) is 0 Å². The normalized spacial score (nSPS) is 19.8. The molecular formula is C30H40N6O2. The minimum Gasteiger partial charge on any atom is -0.341 e. The van der Waals surface area contributed by atoms with Crippen LogP contribution in [0.3, 0.4) is 0 Å². The minimum atomic E-state index is -0.0830. The third-order valence-electron chi connectivity index (χ3n) is 8.01. The van der Waals surface area contributed by atoms with Crippen LogP contribution in [0, 0.1) is 5.92 Å². The topological polar surface area (TPSA) is 64.9 Å². The van der Waals surface area contributed by atoms with Gasteiger partial charge in [0.2, 0.25) is 17.8 Å². The lowest BCUT2D eigenvalue weighted by molar-refractivity contribution is -0.136. The van der Waals surface area contributed by atoms with Crippen molar-refractivity contribution < 1.29 is 9.59 Å². The van der Waals surface area contributed by atoms with Gasteiger partial charge in [-0.1, -0.05) is 30.3 Å². The Kier molecular flexibility index (Phi) is 7.98. The van der Waals surface area contributed by atoms with Gasteiger partial charge in [0, 0.05) is 58.4 Å². The van der Waals surface area contributed by atoms with Gasteiger partial charge in [0.05, 0.1) is 17.0 Å². The number of piperidine rings is 1. The number of nitrogens with zero attached hydrogens (tertiary/aromatic N) is 6. The first-order valence-corrected chi connectivity index (χ1v) is 14.0. The van der Waals surface area contributed by atoms with E-state index in [4.69, 9.17) is 4.98 Å². The zero-order chi connectivity index (χ0) is 26.6. The highest BCUT2D eigenvalue weighted by Gasteiger charge is 2.32. The van der Waals surface area contributed by atoms with Gasteiger partial charge in [-0.3, -0.25) is 9.59 Å². The Labute approximate surface area is 225 Å². The molecule has 2 aliphatic rings.